The van der Waals surface area contributed by atoms with Gasteiger partial charge in [0, 0.05) is 4.88 Å². The van der Waals surface area contributed by atoms with E-state index < -0.39 is 0 Å². The van der Waals surface area contributed by atoms with Crippen molar-refractivity contribution < 1.29 is 0 Å². The topological polar surface area (TPSA) is 0 Å². The van der Waals surface area contributed by atoms with Crippen LogP contribution in [0, 0.1) is 6.92 Å². The minimum atomic E-state index is 0.898. The first-order valence-electron chi connectivity index (χ1n) is 3.86. The van der Waals surface area contributed by atoms with Gasteiger partial charge in [0.1, 0.15) is 0 Å². The maximum absolute atomic E-state index is 5.78. The third kappa shape index (κ3) is 3.26. The summed E-state index contributed by atoms with van der Waals surface area (Å²) in [6.07, 6.45) is 4.65. The molecule has 0 saturated heterocycles. The summed E-state index contributed by atoms with van der Waals surface area (Å²) in [5.41, 5.74) is 0. The lowest BCUT2D eigenvalue weighted by Gasteiger charge is -1.93. The first-order chi connectivity index (χ1) is 5.33. The van der Waals surface area contributed by atoms with Crippen LogP contribution in [0.2, 0.25) is 4.34 Å². The average molecular weight is 188 g/mol. The van der Waals surface area contributed by atoms with Gasteiger partial charge in [-0.25, -0.2) is 0 Å². The lowest BCUT2D eigenvalue weighted by Crippen LogP contribution is -1.78. The molecule has 0 aromatic carbocycles. The highest BCUT2D eigenvalue weighted by Gasteiger charge is 1.96. The molecule has 11 heavy (non-hydrogen) atoms. The molecule has 0 amide bonds. The van der Waals surface area contributed by atoms with Crippen molar-refractivity contribution in [3.8, 4) is 0 Å². The van der Waals surface area contributed by atoms with Gasteiger partial charge in [0.25, 0.3) is 0 Å². The molecule has 0 fully saturated rings. The highest BCUT2D eigenvalue weighted by atomic mass is 35.5. The fourth-order valence-electron chi connectivity index (χ4n) is 0.962. The molecule has 0 spiro atoms. The third-order valence-electron chi connectivity index (χ3n) is 1.55. The molecular formula is C9H12ClS. The van der Waals surface area contributed by atoms with E-state index in [4.69, 9.17) is 11.6 Å². The number of hydrogen-bond donors (Lipinski definition) is 0. The maximum Gasteiger partial charge on any atom is 0.0931 e. The summed E-state index contributed by atoms with van der Waals surface area (Å²) < 4.78 is 0.898. The highest BCUT2D eigenvalue weighted by Crippen LogP contribution is 2.22. The number of aryl methyl sites for hydroxylation is 1. The van der Waals surface area contributed by atoms with Crippen LogP contribution >= 0.6 is 22.9 Å². The molecule has 1 heterocycles. The van der Waals surface area contributed by atoms with E-state index in [9.17, 15) is 0 Å². The van der Waals surface area contributed by atoms with Crippen molar-refractivity contribution in [2.75, 3.05) is 0 Å². The summed E-state index contributed by atoms with van der Waals surface area (Å²) in [6, 6.07) is 4.07. The van der Waals surface area contributed by atoms with E-state index in [-0.39, 0.29) is 0 Å². The molecule has 0 aliphatic carbocycles. The van der Waals surface area contributed by atoms with Crippen molar-refractivity contribution >= 4 is 22.9 Å². The third-order valence-corrected chi connectivity index (χ3v) is 2.84. The van der Waals surface area contributed by atoms with Crippen LogP contribution in [0.5, 0.6) is 0 Å². The lowest BCUT2D eigenvalue weighted by atomic mass is 10.2. The summed E-state index contributed by atoms with van der Waals surface area (Å²) in [5, 5.41) is 0. The first-order valence-corrected chi connectivity index (χ1v) is 5.06. The molecular weight excluding hydrogens is 176 g/mol. The van der Waals surface area contributed by atoms with Crippen molar-refractivity contribution in [3.05, 3.63) is 28.3 Å². The van der Waals surface area contributed by atoms with E-state index in [1.165, 1.54) is 17.7 Å². The van der Waals surface area contributed by atoms with E-state index in [1.807, 2.05) is 6.07 Å². The standard InChI is InChI=1S/C9H12ClS/c1-2-3-4-5-8-6-7-9(10)11-8/h6-7H,1-5H2. The van der Waals surface area contributed by atoms with E-state index in [2.05, 4.69) is 13.0 Å². The SMILES string of the molecule is [CH2]CCCCc1ccc(Cl)s1. The lowest BCUT2D eigenvalue weighted by molar-refractivity contribution is 0.752. The summed E-state index contributed by atoms with van der Waals surface area (Å²) in [7, 11) is 0. The number of rotatable bonds is 4. The van der Waals surface area contributed by atoms with E-state index in [1.54, 1.807) is 11.3 Å². The summed E-state index contributed by atoms with van der Waals surface area (Å²) in [6.45, 7) is 3.80. The summed E-state index contributed by atoms with van der Waals surface area (Å²) >= 11 is 7.46. The van der Waals surface area contributed by atoms with Crippen molar-refractivity contribution in [2.24, 2.45) is 0 Å². The van der Waals surface area contributed by atoms with Crippen LogP contribution in [0.1, 0.15) is 24.1 Å². The van der Waals surface area contributed by atoms with Gasteiger partial charge >= 0.3 is 0 Å². The molecule has 0 aliphatic heterocycles. The molecule has 0 N–H and O–H groups in total. The Bertz CT molecular complexity index is 205. The molecule has 0 atom stereocenters. The zero-order chi connectivity index (χ0) is 8.10. The van der Waals surface area contributed by atoms with Gasteiger partial charge < -0.3 is 0 Å². The quantitative estimate of drug-likeness (QED) is 0.627. The molecule has 0 unspecified atom stereocenters. The van der Waals surface area contributed by atoms with Crippen molar-refractivity contribution in [1.82, 2.24) is 0 Å². The molecule has 0 aliphatic rings. The Labute approximate surface area is 77.2 Å². The van der Waals surface area contributed by atoms with Crippen LogP contribution in [-0.2, 0) is 6.42 Å². The second-order valence-electron chi connectivity index (χ2n) is 2.52. The second kappa shape index (κ2) is 4.78. The molecule has 1 rings (SSSR count). The molecule has 0 nitrogen and oxygen atoms in total. The molecule has 61 valence electrons. The average Bonchev–Trinajstić information content (AvgIpc) is 2.37. The minimum Gasteiger partial charge on any atom is -0.128 e. The van der Waals surface area contributed by atoms with Gasteiger partial charge in [0.05, 0.1) is 4.34 Å². The summed E-state index contributed by atoms with van der Waals surface area (Å²) in [4.78, 5) is 1.39. The first kappa shape index (κ1) is 9.08. The number of halogens is 1. The molecule has 1 aromatic heterocycles. The Morgan fingerprint density at radius 1 is 1.36 bits per heavy atom. The van der Waals surface area contributed by atoms with Crippen LogP contribution in [0.3, 0.4) is 0 Å². The van der Waals surface area contributed by atoms with Gasteiger partial charge in [-0.05, 0) is 25.0 Å². The maximum atomic E-state index is 5.78. The minimum absolute atomic E-state index is 0.898. The Kier molecular flexibility index (Phi) is 3.95. The van der Waals surface area contributed by atoms with Crippen LogP contribution in [0.15, 0.2) is 12.1 Å². The van der Waals surface area contributed by atoms with Gasteiger partial charge in [0.2, 0.25) is 0 Å². The fourth-order valence-corrected chi connectivity index (χ4v) is 2.09. The van der Waals surface area contributed by atoms with Crippen LogP contribution < -0.4 is 0 Å². The van der Waals surface area contributed by atoms with Gasteiger partial charge in [-0.15, -0.1) is 11.3 Å². The van der Waals surface area contributed by atoms with Crippen molar-refractivity contribution in [1.29, 1.82) is 0 Å². The number of thiophene rings is 1. The predicted octanol–water partition coefficient (Wildman–Crippen LogP) is 3.95. The van der Waals surface area contributed by atoms with E-state index >= 15 is 0 Å². The molecule has 1 radical (unpaired) electrons. The predicted molar refractivity (Wildman–Crippen MR) is 52.2 cm³/mol. The fraction of sp³-hybridized carbons (Fsp3) is 0.444. The van der Waals surface area contributed by atoms with Crippen LogP contribution in [-0.4, -0.2) is 0 Å². The van der Waals surface area contributed by atoms with Gasteiger partial charge in [-0.1, -0.05) is 31.4 Å². The van der Waals surface area contributed by atoms with Crippen molar-refractivity contribution in [3.63, 3.8) is 0 Å². The van der Waals surface area contributed by atoms with Gasteiger partial charge in [0.15, 0.2) is 0 Å². The van der Waals surface area contributed by atoms with Crippen LogP contribution in [0.25, 0.3) is 0 Å². The molecule has 0 saturated carbocycles. The van der Waals surface area contributed by atoms with Gasteiger partial charge in [-0.2, -0.15) is 0 Å². The molecule has 0 bridgehead atoms. The van der Waals surface area contributed by atoms with Gasteiger partial charge in [-0.3, -0.25) is 0 Å². The zero-order valence-corrected chi connectivity index (χ0v) is 8.05. The van der Waals surface area contributed by atoms with Crippen LogP contribution in [0.4, 0.5) is 0 Å². The summed E-state index contributed by atoms with van der Waals surface area (Å²) in [5.74, 6) is 0. The number of unbranched alkanes of at least 4 members (excludes halogenated alkanes) is 2. The Balaban J connectivity index is 2.27. The Morgan fingerprint density at radius 3 is 2.73 bits per heavy atom. The molecule has 2 heteroatoms. The highest BCUT2D eigenvalue weighted by molar-refractivity contribution is 7.16. The number of hydrogen-bond acceptors (Lipinski definition) is 1. The molecule has 1 aromatic rings. The smallest absolute Gasteiger partial charge is 0.0931 e. The Morgan fingerprint density at radius 2 is 2.18 bits per heavy atom. The van der Waals surface area contributed by atoms with E-state index in [0.29, 0.717) is 0 Å². The normalized spacial score (nSPS) is 10.4. The van der Waals surface area contributed by atoms with E-state index in [0.717, 1.165) is 17.2 Å². The second-order valence-corrected chi connectivity index (χ2v) is 4.32. The zero-order valence-electron chi connectivity index (χ0n) is 6.48. The Hall–Kier alpha value is -0.0100. The monoisotopic (exact) mass is 187 g/mol. The largest absolute Gasteiger partial charge is 0.128 e. The van der Waals surface area contributed by atoms with Crippen molar-refractivity contribution in [2.45, 2.75) is 25.7 Å².